The van der Waals surface area contributed by atoms with E-state index in [1.165, 1.54) is 11.8 Å². The summed E-state index contributed by atoms with van der Waals surface area (Å²) in [5.41, 5.74) is 2.38. The second-order valence-electron chi connectivity index (χ2n) is 7.07. The van der Waals surface area contributed by atoms with Crippen LogP contribution in [0, 0.1) is 12.8 Å². The first-order chi connectivity index (χ1) is 13.3. The molecule has 8 heteroatoms. The zero-order valence-corrected chi connectivity index (χ0v) is 17.9. The van der Waals surface area contributed by atoms with E-state index < -0.39 is 0 Å². The Morgan fingerprint density at radius 3 is 2.68 bits per heavy atom. The third-order valence-electron chi connectivity index (χ3n) is 4.32. The number of aromatic nitrogens is 3. The first-order valence-corrected chi connectivity index (χ1v) is 10.6. The lowest BCUT2D eigenvalue weighted by atomic mass is 10.2. The van der Waals surface area contributed by atoms with Gasteiger partial charge in [0.1, 0.15) is 12.1 Å². The van der Waals surface area contributed by atoms with Crippen LogP contribution in [0.3, 0.4) is 0 Å². The monoisotopic (exact) mass is 418 g/mol. The van der Waals surface area contributed by atoms with Gasteiger partial charge in [0.2, 0.25) is 5.91 Å². The molecule has 0 aliphatic carbocycles. The van der Waals surface area contributed by atoms with Crippen LogP contribution >= 0.6 is 23.4 Å². The molecular weight excluding hydrogens is 396 g/mol. The van der Waals surface area contributed by atoms with E-state index >= 15 is 0 Å². The lowest BCUT2D eigenvalue weighted by molar-refractivity contribution is -0.116. The number of thioether (sulfide) groups is 1. The van der Waals surface area contributed by atoms with Crippen molar-refractivity contribution < 1.29 is 4.79 Å². The maximum atomic E-state index is 13.2. The number of carbonyl (C=O) groups excluding carboxylic acids is 1. The molecule has 0 radical (unpaired) electrons. The van der Waals surface area contributed by atoms with Gasteiger partial charge in [0, 0.05) is 22.9 Å². The van der Waals surface area contributed by atoms with Crippen LogP contribution in [-0.4, -0.2) is 26.3 Å². The van der Waals surface area contributed by atoms with E-state index in [1.54, 1.807) is 33.4 Å². The molecule has 148 valence electrons. The molecule has 0 aliphatic heterocycles. The van der Waals surface area contributed by atoms with Gasteiger partial charge < -0.3 is 9.88 Å². The van der Waals surface area contributed by atoms with Crippen LogP contribution < -0.4 is 10.9 Å². The normalized spacial score (nSPS) is 11.4. The Morgan fingerprint density at radius 2 is 2.04 bits per heavy atom. The van der Waals surface area contributed by atoms with Crippen LogP contribution in [0.15, 0.2) is 40.3 Å². The van der Waals surface area contributed by atoms with Crippen LogP contribution in [0.4, 0.5) is 5.69 Å². The molecule has 28 heavy (non-hydrogen) atoms. The highest BCUT2D eigenvalue weighted by atomic mass is 35.5. The molecule has 0 unspecified atom stereocenters. The summed E-state index contributed by atoms with van der Waals surface area (Å²) < 4.78 is 3.42. The van der Waals surface area contributed by atoms with Gasteiger partial charge >= 0.3 is 0 Å². The highest BCUT2D eigenvalue weighted by Crippen LogP contribution is 2.20. The fourth-order valence-electron chi connectivity index (χ4n) is 3.14. The van der Waals surface area contributed by atoms with Gasteiger partial charge in [-0.05, 0) is 43.4 Å². The molecule has 0 saturated heterocycles. The Morgan fingerprint density at radius 1 is 1.29 bits per heavy atom. The number of nitrogens with one attached hydrogen (secondary N) is 1. The Balaban J connectivity index is 2.00. The lowest BCUT2D eigenvalue weighted by Gasteiger charge is -2.14. The molecule has 6 nitrogen and oxygen atoms in total. The number of halogens is 1. The molecule has 2 heterocycles. The number of nitrogens with zero attached hydrogens (tertiary/aromatic N) is 3. The van der Waals surface area contributed by atoms with Crippen LogP contribution in [0.2, 0.25) is 5.02 Å². The van der Waals surface area contributed by atoms with Crippen LogP contribution in [0.1, 0.15) is 19.5 Å². The Bertz CT molecular complexity index is 1090. The second-order valence-corrected chi connectivity index (χ2v) is 8.28. The van der Waals surface area contributed by atoms with Gasteiger partial charge in [0.15, 0.2) is 5.16 Å². The average Bonchev–Trinajstić information content (AvgIpc) is 2.92. The van der Waals surface area contributed by atoms with Crippen molar-refractivity contribution >= 4 is 46.0 Å². The van der Waals surface area contributed by atoms with Gasteiger partial charge in [-0.1, -0.05) is 43.3 Å². The van der Waals surface area contributed by atoms with Crippen molar-refractivity contribution in [3.63, 3.8) is 0 Å². The topological polar surface area (TPSA) is 68.9 Å². The van der Waals surface area contributed by atoms with E-state index in [0.29, 0.717) is 39.4 Å². The molecule has 0 saturated carbocycles. The molecule has 0 aliphatic rings. The van der Waals surface area contributed by atoms with Crippen LogP contribution in [0.5, 0.6) is 0 Å². The van der Waals surface area contributed by atoms with Crippen LogP contribution in [0.25, 0.3) is 11.0 Å². The van der Waals surface area contributed by atoms with Crippen molar-refractivity contribution in [3.8, 4) is 0 Å². The van der Waals surface area contributed by atoms with Crippen molar-refractivity contribution in [2.45, 2.75) is 39.0 Å². The summed E-state index contributed by atoms with van der Waals surface area (Å²) >= 11 is 7.42. The maximum absolute atomic E-state index is 13.2. The molecule has 2 aromatic heterocycles. The Labute approximate surface area is 172 Å². The SMILES string of the molecule is CSc1nc2cc(C)n(CC(=O)Nc3cccc(Cl)c3)c2c(=O)n1CC(C)C. The maximum Gasteiger partial charge on any atom is 0.278 e. The highest BCUT2D eigenvalue weighted by molar-refractivity contribution is 7.98. The van der Waals surface area contributed by atoms with Crippen molar-refractivity contribution in [1.29, 1.82) is 0 Å². The predicted molar refractivity (Wildman–Crippen MR) is 115 cm³/mol. The van der Waals surface area contributed by atoms with Crippen molar-refractivity contribution in [1.82, 2.24) is 14.1 Å². The Hall–Kier alpha value is -2.25. The summed E-state index contributed by atoms with van der Waals surface area (Å²) in [6.45, 7) is 6.60. The van der Waals surface area contributed by atoms with E-state index in [9.17, 15) is 9.59 Å². The minimum absolute atomic E-state index is 0.0268. The number of aryl methyl sites for hydroxylation is 1. The van der Waals surface area contributed by atoms with E-state index in [0.717, 1.165) is 5.69 Å². The number of amides is 1. The predicted octanol–water partition coefficient (Wildman–Crippen LogP) is 4.18. The fraction of sp³-hybridized carbons (Fsp3) is 0.350. The summed E-state index contributed by atoms with van der Waals surface area (Å²) in [6.07, 6.45) is 1.91. The van der Waals surface area contributed by atoms with E-state index in [4.69, 9.17) is 11.6 Å². The molecule has 1 N–H and O–H groups in total. The number of carbonyl (C=O) groups is 1. The van der Waals surface area contributed by atoms with Gasteiger partial charge in [-0.2, -0.15) is 0 Å². The minimum Gasteiger partial charge on any atom is -0.330 e. The largest absolute Gasteiger partial charge is 0.330 e. The van der Waals surface area contributed by atoms with E-state index in [1.807, 2.05) is 19.2 Å². The third kappa shape index (κ3) is 4.25. The van der Waals surface area contributed by atoms with Crippen molar-refractivity contribution in [2.24, 2.45) is 5.92 Å². The summed E-state index contributed by atoms with van der Waals surface area (Å²) in [4.78, 5) is 30.4. The van der Waals surface area contributed by atoms with Crippen molar-refractivity contribution in [3.05, 3.63) is 51.4 Å². The zero-order chi connectivity index (χ0) is 20.4. The highest BCUT2D eigenvalue weighted by Gasteiger charge is 2.18. The number of fused-ring (bicyclic) bond motifs is 1. The van der Waals surface area contributed by atoms with Gasteiger partial charge in [-0.15, -0.1) is 0 Å². The van der Waals surface area contributed by atoms with Gasteiger partial charge in [0.05, 0.1) is 5.52 Å². The first-order valence-electron chi connectivity index (χ1n) is 9.00. The molecule has 0 bridgehead atoms. The van der Waals surface area contributed by atoms with Gasteiger partial charge in [-0.25, -0.2) is 4.98 Å². The zero-order valence-electron chi connectivity index (χ0n) is 16.3. The molecule has 0 spiro atoms. The van der Waals surface area contributed by atoms with Crippen molar-refractivity contribution in [2.75, 3.05) is 11.6 Å². The molecule has 3 rings (SSSR count). The second kappa shape index (κ2) is 8.41. The molecule has 1 amide bonds. The summed E-state index contributed by atoms with van der Waals surface area (Å²) in [6, 6.07) is 8.82. The fourth-order valence-corrected chi connectivity index (χ4v) is 3.90. The number of anilines is 1. The lowest BCUT2D eigenvalue weighted by Crippen LogP contribution is -2.28. The molecular formula is C20H23ClN4O2S. The number of rotatable bonds is 6. The van der Waals surface area contributed by atoms with E-state index in [2.05, 4.69) is 24.1 Å². The van der Waals surface area contributed by atoms with E-state index in [-0.39, 0.29) is 18.0 Å². The standard InChI is InChI=1S/C20H23ClN4O2S/c1-12(2)10-25-19(27)18-16(23-20(25)28-4)8-13(3)24(18)11-17(26)22-15-7-5-6-14(21)9-15/h5-9,12H,10-11H2,1-4H3,(H,22,26). The average molecular weight is 419 g/mol. The number of benzene rings is 1. The summed E-state index contributed by atoms with van der Waals surface area (Å²) in [5.74, 6) is 0.0742. The molecule has 1 aromatic carbocycles. The third-order valence-corrected chi connectivity index (χ3v) is 5.23. The molecule has 3 aromatic rings. The van der Waals surface area contributed by atoms with Gasteiger partial charge in [0.25, 0.3) is 5.56 Å². The quantitative estimate of drug-likeness (QED) is 0.481. The summed E-state index contributed by atoms with van der Waals surface area (Å²) in [7, 11) is 0. The Kier molecular flexibility index (Phi) is 6.15. The minimum atomic E-state index is -0.230. The molecule has 0 fully saturated rings. The summed E-state index contributed by atoms with van der Waals surface area (Å²) in [5, 5.41) is 4.06. The van der Waals surface area contributed by atoms with Crippen LogP contribution in [-0.2, 0) is 17.9 Å². The van der Waals surface area contributed by atoms with Gasteiger partial charge in [-0.3, -0.25) is 14.2 Å². The smallest absolute Gasteiger partial charge is 0.278 e. The number of hydrogen-bond acceptors (Lipinski definition) is 4. The number of hydrogen-bond donors (Lipinski definition) is 1. The molecule has 0 atom stereocenters. The first kappa shape index (κ1) is 20.5.